The summed E-state index contributed by atoms with van der Waals surface area (Å²) in [6.45, 7) is 4.22. The second-order valence-electron chi connectivity index (χ2n) is 4.97. The third kappa shape index (κ3) is 3.17. The number of hydrogen-bond acceptors (Lipinski definition) is 4. The molecule has 0 bridgehead atoms. The number of aryl methyl sites for hydroxylation is 1. The van der Waals surface area contributed by atoms with Crippen LogP contribution >= 0.6 is 0 Å². The highest BCUT2D eigenvalue weighted by atomic mass is 32.2. The van der Waals surface area contributed by atoms with E-state index in [2.05, 4.69) is 5.32 Å². The lowest BCUT2D eigenvalue weighted by molar-refractivity contribution is 0.0865. The first-order valence-corrected chi connectivity index (χ1v) is 7.89. The van der Waals surface area contributed by atoms with Gasteiger partial charge in [-0.05, 0) is 44.0 Å². The van der Waals surface area contributed by atoms with Crippen molar-refractivity contribution in [1.29, 1.82) is 0 Å². The van der Waals surface area contributed by atoms with Crippen LogP contribution in [0.4, 0.5) is 0 Å². The lowest BCUT2D eigenvalue weighted by Crippen LogP contribution is -2.39. The first-order valence-electron chi connectivity index (χ1n) is 6.35. The maximum Gasteiger partial charge on any atom is 0.251 e. The molecule has 110 valence electrons. The van der Waals surface area contributed by atoms with E-state index in [1.165, 1.54) is 18.2 Å². The van der Waals surface area contributed by atoms with Crippen LogP contribution in [0.15, 0.2) is 23.1 Å². The molecule has 1 aliphatic rings. The lowest BCUT2D eigenvalue weighted by Gasteiger charge is -2.17. The molecular weight excluding hydrogens is 280 g/mol. The van der Waals surface area contributed by atoms with E-state index in [-0.39, 0.29) is 22.9 Å². The number of carbonyl (C=O) groups is 1. The van der Waals surface area contributed by atoms with Crippen molar-refractivity contribution in [2.24, 2.45) is 5.14 Å². The molecule has 6 nitrogen and oxygen atoms in total. The first-order chi connectivity index (χ1) is 9.29. The Balaban J connectivity index is 2.18. The van der Waals surface area contributed by atoms with Gasteiger partial charge in [0.15, 0.2) is 0 Å². The van der Waals surface area contributed by atoms with Crippen LogP contribution in [-0.2, 0) is 14.8 Å². The van der Waals surface area contributed by atoms with Crippen molar-refractivity contribution in [1.82, 2.24) is 5.32 Å². The highest BCUT2D eigenvalue weighted by Crippen LogP contribution is 2.17. The fourth-order valence-corrected chi connectivity index (χ4v) is 2.83. The zero-order valence-corrected chi connectivity index (χ0v) is 12.2. The van der Waals surface area contributed by atoms with E-state index in [9.17, 15) is 13.2 Å². The highest BCUT2D eigenvalue weighted by molar-refractivity contribution is 7.89. The Bertz CT molecular complexity index is 627. The van der Waals surface area contributed by atoms with Gasteiger partial charge in [-0.1, -0.05) is 0 Å². The van der Waals surface area contributed by atoms with Crippen LogP contribution in [0.2, 0.25) is 0 Å². The Kier molecular flexibility index (Phi) is 4.12. The van der Waals surface area contributed by atoms with Gasteiger partial charge in [0.1, 0.15) is 0 Å². The summed E-state index contributed by atoms with van der Waals surface area (Å²) in [6, 6.07) is 4.20. The van der Waals surface area contributed by atoms with Crippen molar-refractivity contribution in [2.45, 2.75) is 37.3 Å². The van der Waals surface area contributed by atoms with Crippen molar-refractivity contribution >= 4 is 15.9 Å². The first kappa shape index (κ1) is 15.0. The topological polar surface area (TPSA) is 98.5 Å². The number of benzene rings is 1. The summed E-state index contributed by atoms with van der Waals surface area (Å²) < 4.78 is 27.9. The average Bonchev–Trinajstić information content (AvgIpc) is 2.73. The summed E-state index contributed by atoms with van der Waals surface area (Å²) in [5.41, 5.74) is 1.01. The van der Waals surface area contributed by atoms with Gasteiger partial charge in [0.2, 0.25) is 10.0 Å². The van der Waals surface area contributed by atoms with Crippen molar-refractivity contribution in [3.8, 4) is 0 Å². The minimum Gasteiger partial charge on any atom is -0.376 e. The smallest absolute Gasteiger partial charge is 0.251 e. The summed E-state index contributed by atoms with van der Waals surface area (Å²) in [5, 5.41) is 7.96. The van der Waals surface area contributed by atoms with Crippen LogP contribution in [0.3, 0.4) is 0 Å². The Labute approximate surface area is 118 Å². The number of primary sulfonamides is 1. The molecular formula is C13H18N2O4S. The van der Waals surface area contributed by atoms with Gasteiger partial charge >= 0.3 is 0 Å². The zero-order valence-electron chi connectivity index (χ0n) is 11.4. The van der Waals surface area contributed by atoms with E-state index in [1.54, 1.807) is 6.92 Å². The lowest BCUT2D eigenvalue weighted by atomic mass is 10.1. The number of ether oxygens (including phenoxy) is 1. The van der Waals surface area contributed by atoms with Crippen LogP contribution < -0.4 is 10.5 Å². The summed E-state index contributed by atoms with van der Waals surface area (Å²) in [6.07, 6.45) is 0.768. The molecule has 1 aromatic rings. The molecule has 0 aromatic heterocycles. The SMILES string of the molecule is Cc1cc(S(N)(=O)=O)ccc1C(=O)NC1CCOC1C. The molecule has 2 atom stereocenters. The van der Waals surface area contributed by atoms with Gasteiger partial charge in [0.05, 0.1) is 17.0 Å². The Hall–Kier alpha value is -1.44. The quantitative estimate of drug-likeness (QED) is 0.851. The molecule has 1 fully saturated rings. The van der Waals surface area contributed by atoms with E-state index in [4.69, 9.17) is 9.88 Å². The third-order valence-corrected chi connectivity index (χ3v) is 4.37. The predicted octanol–water partition coefficient (Wildman–Crippen LogP) is 0.550. The van der Waals surface area contributed by atoms with Crippen LogP contribution in [0.1, 0.15) is 29.3 Å². The second kappa shape index (κ2) is 5.51. The molecule has 2 rings (SSSR count). The van der Waals surface area contributed by atoms with Gasteiger partial charge in [-0.15, -0.1) is 0 Å². The van der Waals surface area contributed by atoms with E-state index < -0.39 is 10.0 Å². The molecule has 20 heavy (non-hydrogen) atoms. The van der Waals surface area contributed by atoms with Crippen LogP contribution in [-0.4, -0.2) is 33.1 Å². The van der Waals surface area contributed by atoms with Crippen LogP contribution in [0, 0.1) is 6.92 Å². The predicted molar refractivity (Wildman–Crippen MR) is 73.8 cm³/mol. The van der Waals surface area contributed by atoms with Crippen LogP contribution in [0.5, 0.6) is 0 Å². The molecule has 7 heteroatoms. The molecule has 0 radical (unpaired) electrons. The summed E-state index contributed by atoms with van der Waals surface area (Å²) in [4.78, 5) is 12.2. The number of nitrogens with two attached hydrogens (primary N) is 1. The summed E-state index contributed by atoms with van der Waals surface area (Å²) >= 11 is 0. The second-order valence-corrected chi connectivity index (χ2v) is 6.53. The van der Waals surface area contributed by atoms with Crippen molar-refractivity contribution in [2.75, 3.05) is 6.61 Å². The summed E-state index contributed by atoms with van der Waals surface area (Å²) in [7, 11) is -3.75. The van der Waals surface area contributed by atoms with Gasteiger partial charge in [-0.2, -0.15) is 0 Å². The highest BCUT2D eigenvalue weighted by Gasteiger charge is 2.26. The van der Waals surface area contributed by atoms with Crippen molar-refractivity contribution in [3.63, 3.8) is 0 Å². The maximum absolute atomic E-state index is 12.2. The molecule has 1 aliphatic heterocycles. The Morgan fingerprint density at radius 2 is 2.15 bits per heavy atom. The minimum absolute atomic E-state index is 0.00381. The van der Waals surface area contributed by atoms with E-state index in [0.29, 0.717) is 17.7 Å². The van der Waals surface area contributed by atoms with Gasteiger partial charge in [-0.25, -0.2) is 13.6 Å². The number of carbonyl (C=O) groups excluding carboxylic acids is 1. The number of nitrogens with one attached hydrogen (secondary N) is 1. The average molecular weight is 298 g/mol. The Morgan fingerprint density at radius 1 is 1.45 bits per heavy atom. The fraction of sp³-hybridized carbons (Fsp3) is 0.462. The summed E-state index contributed by atoms with van der Waals surface area (Å²) in [5.74, 6) is -0.231. The molecule has 1 amide bonds. The van der Waals surface area contributed by atoms with Crippen LogP contribution in [0.25, 0.3) is 0 Å². The van der Waals surface area contributed by atoms with Gasteiger partial charge < -0.3 is 10.1 Å². The molecule has 1 heterocycles. The number of amides is 1. The monoisotopic (exact) mass is 298 g/mol. The fourth-order valence-electron chi connectivity index (χ4n) is 2.24. The third-order valence-electron chi connectivity index (χ3n) is 3.46. The Morgan fingerprint density at radius 3 is 2.65 bits per heavy atom. The number of rotatable bonds is 3. The minimum atomic E-state index is -3.75. The van der Waals surface area contributed by atoms with E-state index in [0.717, 1.165) is 6.42 Å². The largest absolute Gasteiger partial charge is 0.376 e. The zero-order chi connectivity index (χ0) is 14.9. The molecule has 2 unspecified atom stereocenters. The maximum atomic E-state index is 12.2. The van der Waals surface area contributed by atoms with E-state index in [1.807, 2.05) is 6.92 Å². The molecule has 0 saturated carbocycles. The van der Waals surface area contributed by atoms with Crippen molar-refractivity contribution < 1.29 is 17.9 Å². The van der Waals surface area contributed by atoms with E-state index >= 15 is 0 Å². The normalized spacial score (nSPS) is 22.8. The molecule has 0 aliphatic carbocycles. The molecule has 1 aromatic carbocycles. The number of hydrogen-bond donors (Lipinski definition) is 2. The molecule has 1 saturated heterocycles. The standard InChI is InChI=1S/C13H18N2O4S/c1-8-7-10(20(14,17)18)3-4-11(8)13(16)15-12-5-6-19-9(12)2/h3-4,7,9,12H,5-6H2,1-2H3,(H,15,16)(H2,14,17,18). The molecule has 3 N–H and O–H groups in total. The van der Waals surface area contributed by atoms with Gasteiger partial charge in [0, 0.05) is 12.2 Å². The van der Waals surface area contributed by atoms with Gasteiger partial charge in [0.25, 0.3) is 5.91 Å². The number of sulfonamides is 1. The molecule has 0 spiro atoms. The van der Waals surface area contributed by atoms with Gasteiger partial charge in [-0.3, -0.25) is 4.79 Å². The van der Waals surface area contributed by atoms with Crippen molar-refractivity contribution in [3.05, 3.63) is 29.3 Å².